The number of aromatic nitrogens is 3. The number of pyridine rings is 1. The smallest absolute Gasteiger partial charge is 0.263 e. The van der Waals surface area contributed by atoms with E-state index in [0.717, 1.165) is 55.2 Å². The van der Waals surface area contributed by atoms with Crippen LogP contribution in [-0.4, -0.2) is 26.2 Å². The molecule has 0 saturated heterocycles. The highest BCUT2D eigenvalue weighted by Gasteiger charge is 2.27. The number of carbonyl (C=O) groups excluding carboxylic acids is 1. The Bertz CT molecular complexity index is 1180. The maximum Gasteiger partial charge on any atom is 0.263 e. The molecule has 162 valence electrons. The maximum absolute atomic E-state index is 13.6. The van der Waals surface area contributed by atoms with Crippen LogP contribution in [-0.2, 0) is 17.6 Å². The molecular weight excluding hydrogens is 452 g/mol. The lowest BCUT2D eigenvalue weighted by atomic mass is 9.97. The first-order chi connectivity index (χ1) is 15.1. The van der Waals surface area contributed by atoms with Gasteiger partial charge in [0.15, 0.2) is 5.16 Å². The highest BCUT2D eigenvalue weighted by Crippen LogP contribution is 2.37. The number of nitrogens with zero attached hydrogens (tertiary/aromatic N) is 3. The van der Waals surface area contributed by atoms with Gasteiger partial charge in [-0.2, -0.15) is 0 Å². The van der Waals surface area contributed by atoms with Crippen LogP contribution >= 0.6 is 34.7 Å². The van der Waals surface area contributed by atoms with Gasteiger partial charge in [0.05, 0.1) is 16.2 Å². The van der Waals surface area contributed by atoms with E-state index in [4.69, 9.17) is 16.6 Å². The number of hydrogen-bond donors (Lipinski definition) is 1. The molecule has 0 spiro atoms. The lowest BCUT2D eigenvalue weighted by molar-refractivity contribution is -0.113. The fraction of sp³-hybridized carbons (Fsp3) is 0.455. The average molecular weight is 475 g/mol. The molecule has 5 rings (SSSR count). The minimum Gasteiger partial charge on any atom is -0.310 e. The minimum absolute atomic E-state index is 0.0820. The van der Waals surface area contributed by atoms with Crippen LogP contribution in [0.4, 0.5) is 5.82 Å². The van der Waals surface area contributed by atoms with Gasteiger partial charge in [-0.05, 0) is 56.2 Å². The van der Waals surface area contributed by atoms with Crippen molar-refractivity contribution < 1.29 is 4.79 Å². The Morgan fingerprint density at radius 2 is 2.03 bits per heavy atom. The van der Waals surface area contributed by atoms with Gasteiger partial charge in [0.2, 0.25) is 5.91 Å². The van der Waals surface area contributed by atoms with Gasteiger partial charge >= 0.3 is 0 Å². The third-order valence-corrected chi connectivity index (χ3v) is 8.37. The first kappa shape index (κ1) is 21.0. The Balaban J connectivity index is 1.45. The second-order valence-electron chi connectivity index (χ2n) is 8.10. The van der Waals surface area contributed by atoms with Crippen molar-refractivity contribution >= 4 is 56.6 Å². The molecule has 3 aromatic rings. The van der Waals surface area contributed by atoms with Gasteiger partial charge in [-0.1, -0.05) is 36.2 Å². The van der Waals surface area contributed by atoms with Crippen LogP contribution < -0.4 is 10.9 Å². The van der Waals surface area contributed by atoms with Crippen molar-refractivity contribution in [3.05, 3.63) is 44.1 Å². The van der Waals surface area contributed by atoms with E-state index in [9.17, 15) is 9.59 Å². The minimum atomic E-state index is -0.183. The standard InChI is InChI=1S/C22H23ClN4O2S2/c23-13-9-10-17(24-11-13)25-18(28)12-30-22-26-20-19(15-7-3-4-8-16(15)31-20)21(29)27(22)14-5-1-2-6-14/h9-11,14H,1-8,12H2,(H,24,25,28). The van der Waals surface area contributed by atoms with Gasteiger partial charge in [-0.15, -0.1) is 11.3 Å². The van der Waals surface area contributed by atoms with Crippen LogP contribution in [0.25, 0.3) is 10.2 Å². The molecule has 2 aliphatic rings. The lowest BCUT2D eigenvalue weighted by Gasteiger charge is -2.18. The fourth-order valence-corrected chi connectivity index (χ4v) is 6.82. The number of thioether (sulfide) groups is 1. The highest BCUT2D eigenvalue weighted by molar-refractivity contribution is 7.99. The van der Waals surface area contributed by atoms with Crippen LogP contribution in [0.15, 0.2) is 28.3 Å². The van der Waals surface area contributed by atoms with E-state index in [1.165, 1.54) is 34.8 Å². The summed E-state index contributed by atoms with van der Waals surface area (Å²) in [5, 5.41) is 4.78. The molecule has 0 atom stereocenters. The number of aryl methyl sites for hydroxylation is 2. The molecule has 6 nitrogen and oxygen atoms in total. The number of hydrogen-bond acceptors (Lipinski definition) is 6. The van der Waals surface area contributed by atoms with Crippen LogP contribution in [0.3, 0.4) is 0 Å². The number of carbonyl (C=O) groups is 1. The van der Waals surface area contributed by atoms with E-state index >= 15 is 0 Å². The van der Waals surface area contributed by atoms with Gasteiger partial charge < -0.3 is 5.32 Å². The van der Waals surface area contributed by atoms with Crippen molar-refractivity contribution in [1.82, 2.24) is 14.5 Å². The molecule has 9 heteroatoms. The zero-order valence-corrected chi connectivity index (χ0v) is 19.4. The highest BCUT2D eigenvalue weighted by atomic mass is 35.5. The zero-order chi connectivity index (χ0) is 21.4. The number of thiophene rings is 1. The summed E-state index contributed by atoms with van der Waals surface area (Å²) in [6.45, 7) is 0. The molecular formula is C22H23ClN4O2S2. The quantitative estimate of drug-likeness (QED) is 0.404. The first-order valence-corrected chi connectivity index (χ1v) is 12.9. The van der Waals surface area contributed by atoms with Crippen LogP contribution in [0.1, 0.15) is 55.0 Å². The number of fused-ring (bicyclic) bond motifs is 3. The molecule has 0 aliphatic heterocycles. The molecule has 1 saturated carbocycles. The van der Waals surface area contributed by atoms with Gasteiger partial charge in [-0.3, -0.25) is 14.2 Å². The predicted octanol–water partition coefficient (Wildman–Crippen LogP) is 5.23. The summed E-state index contributed by atoms with van der Waals surface area (Å²) < 4.78 is 1.88. The summed E-state index contributed by atoms with van der Waals surface area (Å²) in [5.74, 6) is 0.440. The van der Waals surface area contributed by atoms with Crippen molar-refractivity contribution in [1.29, 1.82) is 0 Å². The predicted molar refractivity (Wildman–Crippen MR) is 127 cm³/mol. The Hall–Kier alpha value is -1.90. The molecule has 1 N–H and O–H groups in total. The molecule has 3 aromatic heterocycles. The molecule has 0 bridgehead atoms. The van der Waals surface area contributed by atoms with Crippen LogP contribution in [0, 0.1) is 0 Å². The lowest BCUT2D eigenvalue weighted by Crippen LogP contribution is -2.27. The van der Waals surface area contributed by atoms with Crippen LogP contribution in [0.5, 0.6) is 0 Å². The molecule has 1 amide bonds. The van der Waals surface area contributed by atoms with Gasteiger partial charge in [0.25, 0.3) is 5.56 Å². The summed E-state index contributed by atoms with van der Waals surface area (Å²) in [5.41, 5.74) is 1.30. The van der Waals surface area contributed by atoms with Crippen molar-refractivity contribution in [3.8, 4) is 0 Å². The zero-order valence-electron chi connectivity index (χ0n) is 17.0. The number of halogens is 1. The van der Waals surface area contributed by atoms with Crippen molar-refractivity contribution in [2.75, 3.05) is 11.1 Å². The molecule has 1 fully saturated rings. The van der Waals surface area contributed by atoms with Crippen LogP contribution in [0.2, 0.25) is 5.02 Å². The fourth-order valence-electron chi connectivity index (χ4n) is 4.54. The SMILES string of the molecule is O=C(CSc1nc2sc3c(c2c(=O)n1C1CCCC1)CCCC3)Nc1ccc(Cl)cn1. The third-order valence-electron chi connectivity index (χ3n) is 6.01. The number of nitrogens with one attached hydrogen (secondary N) is 1. The Morgan fingerprint density at radius 1 is 1.23 bits per heavy atom. The van der Waals surface area contributed by atoms with E-state index in [2.05, 4.69) is 10.3 Å². The van der Waals surface area contributed by atoms with Gasteiger partial charge in [0.1, 0.15) is 10.6 Å². The third kappa shape index (κ3) is 4.25. The van der Waals surface area contributed by atoms with Crippen molar-refractivity contribution in [2.24, 2.45) is 0 Å². The largest absolute Gasteiger partial charge is 0.310 e. The number of anilines is 1. The average Bonchev–Trinajstić information content (AvgIpc) is 3.41. The summed E-state index contributed by atoms with van der Waals surface area (Å²) >= 11 is 8.84. The summed E-state index contributed by atoms with van der Waals surface area (Å²) in [4.78, 5) is 37.3. The Morgan fingerprint density at radius 3 is 2.81 bits per heavy atom. The van der Waals surface area contributed by atoms with Crippen molar-refractivity contribution in [3.63, 3.8) is 0 Å². The second kappa shape index (κ2) is 8.92. The molecule has 31 heavy (non-hydrogen) atoms. The summed E-state index contributed by atoms with van der Waals surface area (Å²) in [6.07, 6.45) is 10.1. The summed E-state index contributed by atoms with van der Waals surface area (Å²) in [6, 6.07) is 3.52. The van der Waals surface area contributed by atoms with E-state index in [0.29, 0.717) is 16.0 Å². The molecule has 0 radical (unpaired) electrons. The van der Waals surface area contributed by atoms with E-state index in [1.54, 1.807) is 23.5 Å². The Labute approximate surface area is 193 Å². The van der Waals surface area contributed by atoms with Crippen molar-refractivity contribution in [2.45, 2.75) is 62.6 Å². The first-order valence-electron chi connectivity index (χ1n) is 10.7. The van der Waals surface area contributed by atoms with E-state index in [1.807, 2.05) is 4.57 Å². The topological polar surface area (TPSA) is 76.9 Å². The maximum atomic E-state index is 13.6. The second-order valence-corrected chi connectivity index (χ2v) is 10.6. The molecule has 0 aromatic carbocycles. The normalized spacial score (nSPS) is 16.5. The van der Waals surface area contributed by atoms with Gasteiger partial charge in [0, 0.05) is 17.1 Å². The van der Waals surface area contributed by atoms with E-state index < -0.39 is 0 Å². The molecule has 0 unspecified atom stereocenters. The Kier molecular flexibility index (Phi) is 6.03. The summed E-state index contributed by atoms with van der Waals surface area (Å²) in [7, 11) is 0. The number of rotatable bonds is 5. The molecule has 2 aliphatic carbocycles. The van der Waals surface area contributed by atoms with E-state index in [-0.39, 0.29) is 23.3 Å². The monoisotopic (exact) mass is 474 g/mol. The van der Waals surface area contributed by atoms with Gasteiger partial charge in [-0.25, -0.2) is 9.97 Å². The number of amides is 1. The molecule has 3 heterocycles.